The van der Waals surface area contributed by atoms with E-state index in [1.807, 2.05) is 19.9 Å². The lowest BCUT2D eigenvalue weighted by molar-refractivity contribution is -0.291. The Balaban J connectivity index is 2.16. The highest BCUT2D eigenvalue weighted by atomic mass is 16.7. The Labute approximate surface area is 105 Å². The van der Waals surface area contributed by atoms with E-state index in [0.29, 0.717) is 5.92 Å². The average molecular weight is 236 g/mol. The summed E-state index contributed by atoms with van der Waals surface area (Å²) in [6.45, 7) is 13.6. The summed E-state index contributed by atoms with van der Waals surface area (Å²) in [5, 5.41) is 0. The summed E-state index contributed by atoms with van der Waals surface area (Å²) in [6.07, 6.45) is 6.59. The lowest BCUT2D eigenvalue weighted by Crippen LogP contribution is -2.49. The minimum absolute atomic E-state index is 0.0743. The fourth-order valence-electron chi connectivity index (χ4n) is 3.12. The van der Waals surface area contributed by atoms with Crippen LogP contribution >= 0.6 is 0 Å². The first kappa shape index (κ1) is 12.8. The van der Waals surface area contributed by atoms with Gasteiger partial charge in [0.1, 0.15) is 0 Å². The van der Waals surface area contributed by atoms with Crippen LogP contribution in [0.4, 0.5) is 0 Å². The summed E-state index contributed by atoms with van der Waals surface area (Å²) in [6, 6.07) is 0. The van der Waals surface area contributed by atoms with Crippen LogP contribution in [-0.4, -0.2) is 19.0 Å². The monoisotopic (exact) mass is 236 g/mol. The Morgan fingerprint density at radius 3 is 2.47 bits per heavy atom. The van der Waals surface area contributed by atoms with Crippen molar-refractivity contribution in [3.63, 3.8) is 0 Å². The molecule has 1 aliphatic heterocycles. The van der Waals surface area contributed by atoms with E-state index in [4.69, 9.17) is 9.47 Å². The zero-order valence-corrected chi connectivity index (χ0v) is 11.1. The Hall–Kier alpha value is -0.600. The maximum atomic E-state index is 5.88. The highest BCUT2D eigenvalue weighted by Gasteiger charge is 2.46. The van der Waals surface area contributed by atoms with Crippen molar-refractivity contribution in [1.82, 2.24) is 0 Å². The van der Waals surface area contributed by atoms with Crippen molar-refractivity contribution >= 4 is 0 Å². The van der Waals surface area contributed by atoms with E-state index in [1.54, 1.807) is 0 Å². The second-order valence-corrected chi connectivity index (χ2v) is 5.94. The van der Waals surface area contributed by atoms with E-state index >= 15 is 0 Å². The van der Waals surface area contributed by atoms with Crippen molar-refractivity contribution in [2.45, 2.75) is 45.3 Å². The van der Waals surface area contributed by atoms with Crippen molar-refractivity contribution < 1.29 is 9.47 Å². The van der Waals surface area contributed by atoms with Gasteiger partial charge in [-0.25, -0.2) is 0 Å². The summed E-state index contributed by atoms with van der Waals surface area (Å²) < 4.78 is 11.8. The van der Waals surface area contributed by atoms with Gasteiger partial charge >= 0.3 is 0 Å². The highest BCUT2D eigenvalue weighted by molar-refractivity contribution is 5.13. The molecule has 1 unspecified atom stereocenters. The molecule has 0 aromatic rings. The molecule has 2 nitrogen and oxygen atoms in total. The smallest absolute Gasteiger partial charge is 0.162 e. The number of rotatable bonds is 3. The van der Waals surface area contributed by atoms with Gasteiger partial charge in [0, 0.05) is 5.41 Å². The predicted molar refractivity (Wildman–Crippen MR) is 69.7 cm³/mol. The molecule has 0 aromatic heterocycles. The normalized spacial score (nSPS) is 31.4. The highest BCUT2D eigenvalue weighted by Crippen LogP contribution is 2.48. The zero-order chi connectivity index (χ0) is 12.5. The molecule has 1 saturated heterocycles. The second-order valence-electron chi connectivity index (χ2n) is 5.94. The molecule has 0 spiro atoms. The Kier molecular flexibility index (Phi) is 3.46. The van der Waals surface area contributed by atoms with Gasteiger partial charge in [0.05, 0.1) is 13.2 Å². The van der Waals surface area contributed by atoms with Gasteiger partial charge in [-0.1, -0.05) is 18.2 Å². The molecule has 2 aliphatic rings. The van der Waals surface area contributed by atoms with E-state index in [2.05, 4.69) is 13.2 Å². The molecule has 1 heterocycles. The molecule has 0 N–H and O–H groups in total. The van der Waals surface area contributed by atoms with Gasteiger partial charge in [-0.2, -0.15) is 0 Å². The van der Waals surface area contributed by atoms with Crippen LogP contribution in [-0.2, 0) is 9.47 Å². The van der Waals surface area contributed by atoms with Crippen molar-refractivity contribution in [3.05, 3.63) is 24.8 Å². The average Bonchev–Trinajstić information content (AvgIpc) is 2.69. The number of allylic oxidation sites excluding steroid dienone is 2. The van der Waals surface area contributed by atoms with Crippen molar-refractivity contribution in [3.8, 4) is 0 Å². The maximum Gasteiger partial charge on any atom is 0.162 e. The molecule has 2 fully saturated rings. The second kappa shape index (κ2) is 4.58. The summed E-state index contributed by atoms with van der Waals surface area (Å²) in [5.41, 5.74) is 1.45. The molecular formula is C15H24O2. The first-order valence-corrected chi connectivity index (χ1v) is 6.56. The van der Waals surface area contributed by atoms with Crippen LogP contribution in [0.2, 0.25) is 0 Å². The topological polar surface area (TPSA) is 18.5 Å². The zero-order valence-electron chi connectivity index (χ0n) is 11.1. The molecular weight excluding hydrogens is 212 g/mol. The fourth-order valence-corrected chi connectivity index (χ4v) is 3.12. The summed E-state index contributed by atoms with van der Waals surface area (Å²) >= 11 is 0. The van der Waals surface area contributed by atoms with Crippen molar-refractivity contribution in [2.75, 3.05) is 13.2 Å². The molecule has 0 radical (unpaired) electrons. The number of ether oxygens (including phenoxy) is 2. The molecule has 1 saturated carbocycles. The molecule has 1 atom stereocenters. The molecule has 96 valence electrons. The molecule has 17 heavy (non-hydrogen) atoms. The molecule has 0 bridgehead atoms. The van der Waals surface area contributed by atoms with E-state index in [0.717, 1.165) is 26.1 Å². The predicted octanol–water partition coefficient (Wildman–Crippen LogP) is 3.69. The molecule has 0 aromatic carbocycles. The maximum absolute atomic E-state index is 5.88. The SMILES string of the molecule is C=CCC1(C2CCCC2=C)COC(C)(C)OC1. The minimum Gasteiger partial charge on any atom is -0.350 e. The first-order chi connectivity index (χ1) is 7.99. The van der Waals surface area contributed by atoms with Crippen LogP contribution in [0.15, 0.2) is 24.8 Å². The lowest BCUT2D eigenvalue weighted by Gasteiger charge is -2.46. The van der Waals surface area contributed by atoms with Crippen LogP contribution in [0.25, 0.3) is 0 Å². The Morgan fingerprint density at radius 2 is 2.00 bits per heavy atom. The van der Waals surface area contributed by atoms with E-state index in [-0.39, 0.29) is 5.41 Å². The van der Waals surface area contributed by atoms with Gasteiger partial charge in [-0.15, -0.1) is 6.58 Å². The molecule has 2 heteroatoms. The number of hydrogen-bond donors (Lipinski definition) is 0. The molecule has 2 rings (SSSR count). The number of hydrogen-bond acceptors (Lipinski definition) is 2. The van der Waals surface area contributed by atoms with Crippen molar-refractivity contribution in [2.24, 2.45) is 11.3 Å². The summed E-state index contributed by atoms with van der Waals surface area (Å²) in [7, 11) is 0. The van der Waals surface area contributed by atoms with Crippen LogP contribution in [0.3, 0.4) is 0 Å². The van der Waals surface area contributed by atoms with Gasteiger partial charge in [0.15, 0.2) is 5.79 Å². The fraction of sp³-hybridized carbons (Fsp3) is 0.733. The van der Waals surface area contributed by atoms with Gasteiger partial charge in [-0.3, -0.25) is 0 Å². The van der Waals surface area contributed by atoms with E-state index in [9.17, 15) is 0 Å². The van der Waals surface area contributed by atoms with Crippen LogP contribution in [0, 0.1) is 11.3 Å². The van der Waals surface area contributed by atoms with E-state index < -0.39 is 5.79 Å². The third-order valence-electron chi connectivity index (χ3n) is 4.19. The van der Waals surface area contributed by atoms with Gasteiger partial charge in [0.2, 0.25) is 0 Å². The van der Waals surface area contributed by atoms with Gasteiger partial charge < -0.3 is 9.47 Å². The lowest BCUT2D eigenvalue weighted by atomic mass is 9.71. The van der Waals surface area contributed by atoms with E-state index in [1.165, 1.54) is 18.4 Å². The largest absolute Gasteiger partial charge is 0.350 e. The Morgan fingerprint density at radius 1 is 1.35 bits per heavy atom. The summed E-state index contributed by atoms with van der Waals surface area (Å²) in [5.74, 6) is 0.0986. The standard InChI is InChI=1S/C15H24O2/c1-5-9-15(13-8-6-7-12(13)2)10-16-14(3,4)17-11-15/h5,13H,1-2,6-11H2,3-4H3. The van der Waals surface area contributed by atoms with Crippen molar-refractivity contribution in [1.29, 1.82) is 0 Å². The van der Waals surface area contributed by atoms with Gasteiger partial charge in [0.25, 0.3) is 0 Å². The van der Waals surface area contributed by atoms with Crippen LogP contribution in [0.5, 0.6) is 0 Å². The first-order valence-electron chi connectivity index (χ1n) is 6.56. The van der Waals surface area contributed by atoms with Crippen LogP contribution < -0.4 is 0 Å². The minimum atomic E-state index is -0.440. The quantitative estimate of drug-likeness (QED) is 0.696. The summed E-state index contributed by atoms with van der Waals surface area (Å²) in [4.78, 5) is 0. The third-order valence-corrected chi connectivity index (χ3v) is 4.19. The third kappa shape index (κ3) is 2.48. The molecule has 0 amide bonds. The molecule has 1 aliphatic carbocycles. The van der Waals surface area contributed by atoms with Crippen LogP contribution in [0.1, 0.15) is 39.5 Å². The Bertz CT molecular complexity index is 307. The van der Waals surface area contributed by atoms with Gasteiger partial charge in [-0.05, 0) is 45.4 Å².